The summed E-state index contributed by atoms with van der Waals surface area (Å²) in [6.07, 6.45) is 0. The number of nitrogens with zero attached hydrogens (tertiary/aromatic N) is 1. The molecule has 0 spiro atoms. The Morgan fingerprint density at radius 3 is 2.71 bits per heavy atom. The number of rotatable bonds is 3. The van der Waals surface area contributed by atoms with Crippen molar-refractivity contribution >= 4 is 29.9 Å². The predicted molar refractivity (Wildman–Crippen MR) is 63.4 cm³/mol. The fraction of sp³-hybridized carbons (Fsp3) is 0.500. The molecule has 1 aromatic heterocycles. The van der Waals surface area contributed by atoms with Crippen molar-refractivity contribution in [1.82, 2.24) is 4.90 Å². The van der Waals surface area contributed by atoms with Gasteiger partial charge in [0, 0.05) is 23.9 Å². The molecule has 1 amide bonds. The lowest BCUT2D eigenvalue weighted by Gasteiger charge is -2.18. The van der Waals surface area contributed by atoms with Crippen LogP contribution in [0.5, 0.6) is 0 Å². The lowest BCUT2D eigenvalue weighted by Crippen LogP contribution is -2.29. The standard InChI is InChI=1S/C10H15NOS2/c1-7(2)5-11(3)10(12)9-4-8(13)6-14-9/h4,6-7,13H,5H2,1-3H3. The fourth-order valence-electron chi connectivity index (χ4n) is 1.26. The van der Waals surface area contributed by atoms with Gasteiger partial charge in [-0.2, -0.15) is 0 Å². The minimum absolute atomic E-state index is 0.0870. The Bertz CT molecular complexity index is 320. The molecular formula is C10H15NOS2. The zero-order valence-electron chi connectivity index (χ0n) is 8.65. The molecule has 0 aliphatic rings. The molecule has 0 aromatic carbocycles. The van der Waals surface area contributed by atoms with Crippen LogP contribution in [0.1, 0.15) is 23.5 Å². The molecule has 0 aliphatic heterocycles. The molecule has 0 saturated carbocycles. The van der Waals surface area contributed by atoms with Crippen molar-refractivity contribution < 1.29 is 4.79 Å². The van der Waals surface area contributed by atoms with Crippen LogP contribution in [-0.2, 0) is 0 Å². The minimum Gasteiger partial charge on any atom is -0.341 e. The minimum atomic E-state index is 0.0870. The van der Waals surface area contributed by atoms with Crippen LogP contribution in [-0.4, -0.2) is 24.4 Å². The smallest absolute Gasteiger partial charge is 0.263 e. The average molecular weight is 229 g/mol. The lowest BCUT2D eigenvalue weighted by molar-refractivity contribution is 0.0784. The number of hydrogen-bond acceptors (Lipinski definition) is 3. The molecule has 0 radical (unpaired) electrons. The molecule has 1 rings (SSSR count). The first kappa shape index (κ1) is 11.6. The van der Waals surface area contributed by atoms with E-state index in [1.807, 2.05) is 18.5 Å². The van der Waals surface area contributed by atoms with E-state index in [0.29, 0.717) is 5.92 Å². The highest BCUT2D eigenvalue weighted by atomic mass is 32.1. The second-order valence-corrected chi connectivity index (χ2v) is 5.18. The summed E-state index contributed by atoms with van der Waals surface area (Å²) < 4.78 is 0. The van der Waals surface area contributed by atoms with Crippen molar-refractivity contribution in [3.63, 3.8) is 0 Å². The Labute approximate surface area is 94.3 Å². The highest BCUT2D eigenvalue weighted by Gasteiger charge is 2.14. The van der Waals surface area contributed by atoms with Crippen molar-refractivity contribution in [2.75, 3.05) is 13.6 Å². The van der Waals surface area contributed by atoms with Crippen molar-refractivity contribution in [3.8, 4) is 0 Å². The maximum absolute atomic E-state index is 11.8. The first-order valence-corrected chi connectivity index (χ1v) is 5.86. The largest absolute Gasteiger partial charge is 0.341 e. The van der Waals surface area contributed by atoms with Crippen LogP contribution in [0.25, 0.3) is 0 Å². The van der Waals surface area contributed by atoms with Crippen LogP contribution < -0.4 is 0 Å². The molecular weight excluding hydrogens is 214 g/mol. The van der Waals surface area contributed by atoms with Gasteiger partial charge in [0.15, 0.2) is 0 Å². The van der Waals surface area contributed by atoms with Gasteiger partial charge in [-0.1, -0.05) is 13.8 Å². The molecule has 0 bridgehead atoms. The maximum Gasteiger partial charge on any atom is 0.263 e. The van der Waals surface area contributed by atoms with Gasteiger partial charge in [0.1, 0.15) is 0 Å². The van der Waals surface area contributed by atoms with E-state index in [9.17, 15) is 4.79 Å². The van der Waals surface area contributed by atoms with E-state index in [2.05, 4.69) is 26.5 Å². The Morgan fingerprint density at radius 1 is 1.64 bits per heavy atom. The van der Waals surface area contributed by atoms with E-state index in [-0.39, 0.29) is 5.91 Å². The van der Waals surface area contributed by atoms with Gasteiger partial charge >= 0.3 is 0 Å². The number of thiol groups is 1. The van der Waals surface area contributed by atoms with Crippen molar-refractivity contribution in [2.45, 2.75) is 18.7 Å². The Hall–Kier alpha value is -0.480. The van der Waals surface area contributed by atoms with Gasteiger partial charge in [-0.05, 0) is 12.0 Å². The maximum atomic E-state index is 11.8. The van der Waals surface area contributed by atoms with E-state index in [0.717, 1.165) is 16.3 Å². The first-order chi connectivity index (χ1) is 6.50. The zero-order valence-corrected chi connectivity index (χ0v) is 10.4. The molecule has 0 fully saturated rings. The van der Waals surface area contributed by atoms with Gasteiger partial charge in [-0.25, -0.2) is 0 Å². The van der Waals surface area contributed by atoms with Crippen LogP contribution in [0, 0.1) is 5.92 Å². The molecule has 0 saturated heterocycles. The van der Waals surface area contributed by atoms with Crippen molar-refractivity contribution in [3.05, 3.63) is 16.3 Å². The SMILES string of the molecule is CC(C)CN(C)C(=O)c1cc(S)cs1. The number of thiophene rings is 1. The van der Waals surface area contributed by atoms with E-state index in [1.54, 1.807) is 4.90 Å². The van der Waals surface area contributed by atoms with Gasteiger partial charge in [0.2, 0.25) is 0 Å². The quantitative estimate of drug-likeness (QED) is 0.790. The second-order valence-electron chi connectivity index (χ2n) is 3.75. The summed E-state index contributed by atoms with van der Waals surface area (Å²) in [4.78, 5) is 15.2. The molecule has 4 heteroatoms. The predicted octanol–water partition coefficient (Wildman–Crippen LogP) is 2.76. The van der Waals surface area contributed by atoms with Gasteiger partial charge < -0.3 is 4.90 Å². The summed E-state index contributed by atoms with van der Waals surface area (Å²) in [6, 6.07) is 1.81. The molecule has 0 aliphatic carbocycles. The summed E-state index contributed by atoms with van der Waals surface area (Å²) in [6.45, 7) is 4.99. The highest BCUT2D eigenvalue weighted by Crippen LogP contribution is 2.19. The number of carbonyl (C=O) groups is 1. The summed E-state index contributed by atoms with van der Waals surface area (Å²) in [5.74, 6) is 0.586. The van der Waals surface area contributed by atoms with Crippen molar-refractivity contribution in [1.29, 1.82) is 0 Å². The van der Waals surface area contributed by atoms with E-state index < -0.39 is 0 Å². The number of hydrogen-bond donors (Lipinski definition) is 1. The summed E-state index contributed by atoms with van der Waals surface area (Å²) in [5, 5.41) is 1.87. The molecule has 78 valence electrons. The first-order valence-electron chi connectivity index (χ1n) is 4.53. The van der Waals surface area contributed by atoms with Gasteiger partial charge in [-0.3, -0.25) is 4.79 Å². The monoisotopic (exact) mass is 229 g/mol. The third kappa shape index (κ3) is 3.03. The Balaban J connectivity index is 2.65. The Morgan fingerprint density at radius 2 is 2.29 bits per heavy atom. The second kappa shape index (κ2) is 4.84. The number of amides is 1. The van der Waals surface area contributed by atoms with Crippen LogP contribution in [0.15, 0.2) is 16.3 Å². The summed E-state index contributed by atoms with van der Waals surface area (Å²) >= 11 is 5.62. The van der Waals surface area contributed by atoms with Crippen molar-refractivity contribution in [2.24, 2.45) is 5.92 Å². The lowest BCUT2D eigenvalue weighted by atomic mass is 10.2. The fourth-order valence-corrected chi connectivity index (χ4v) is 2.40. The molecule has 1 aromatic rings. The van der Waals surface area contributed by atoms with E-state index in [4.69, 9.17) is 0 Å². The molecule has 14 heavy (non-hydrogen) atoms. The molecule has 0 unspecified atom stereocenters. The third-order valence-corrected chi connectivity index (χ3v) is 3.13. The summed E-state index contributed by atoms with van der Waals surface area (Å²) in [7, 11) is 1.83. The van der Waals surface area contributed by atoms with Crippen LogP contribution in [0.2, 0.25) is 0 Å². The van der Waals surface area contributed by atoms with E-state index in [1.165, 1.54) is 11.3 Å². The van der Waals surface area contributed by atoms with Crippen LogP contribution >= 0.6 is 24.0 Å². The van der Waals surface area contributed by atoms with Gasteiger partial charge in [0.25, 0.3) is 5.91 Å². The summed E-state index contributed by atoms with van der Waals surface area (Å²) in [5.41, 5.74) is 0. The topological polar surface area (TPSA) is 20.3 Å². The molecule has 0 N–H and O–H groups in total. The third-order valence-electron chi connectivity index (χ3n) is 1.78. The number of carbonyl (C=O) groups excluding carboxylic acids is 1. The van der Waals surface area contributed by atoms with Crippen LogP contribution in [0.4, 0.5) is 0 Å². The molecule has 1 heterocycles. The van der Waals surface area contributed by atoms with Crippen LogP contribution in [0.3, 0.4) is 0 Å². The molecule has 0 atom stereocenters. The normalized spacial score (nSPS) is 10.6. The van der Waals surface area contributed by atoms with E-state index >= 15 is 0 Å². The highest BCUT2D eigenvalue weighted by molar-refractivity contribution is 7.80. The van der Waals surface area contributed by atoms with Gasteiger partial charge in [-0.15, -0.1) is 24.0 Å². The molecule has 2 nitrogen and oxygen atoms in total. The Kier molecular flexibility index (Phi) is 4.01. The van der Waals surface area contributed by atoms with Gasteiger partial charge in [0.05, 0.1) is 4.88 Å². The average Bonchev–Trinajstić information content (AvgIpc) is 2.49. The zero-order chi connectivity index (χ0) is 10.7.